The first-order chi connectivity index (χ1) is 8.35. The molecule has 0 spiro atoms. The van der Waals surface area contributed by atoms with E-state index >= 15 is 0 Å². The predicted molar refractivity (Wildman–Crippen MR) is 65.8 cm³/mol. The number of hydrogen-bond acceptors (Lipinski definition) is 3. The van der Waals surface area contributed by atoms with Crippen LogP contribution >= 0.6 is 0 Å². The van der Waals surface area contributed by atoms with Gasteiger partial charge in [-0.15, -0.1) is 0 Å². The molecule has 1 heterocycles. The third-order valence-electron chi connectivity index (χ3n) is 2.92. The minimum Gasteiger partial charge on any atom is -0.380 e. The van der Waals surface area contributed by atoms with Crippen LogP contribution in [0.4, 0.5) is 0 Å². The van der Waals surface area contributed by atoms with Crippen LogP contribution in [0.3, 0.4) is 0 Å². The summed E-state index contributed by atoms with van der Waals surface area (Å²) in [5, 5.41) is 0. The van der Waals surface area contributed by atoms with Crippen molar-refractivity contribution in [3.63, 3.8) is 0 Å². The molecule has 1 fully saturated rings. The Morgan fingerprint density at radius 1 is 1.29 bits per heavy atom. The smallest absolute Gasteiger partial charge is 0.184 e. The molecule has 3 heteroatoms. The van der Waals surface area contributed by atoms with E-state index in [4.69, 9.17) is 14.2 Å². The summed E-state index contributed by atoms with van der Waals surface area (Å²) in [6.07, 6.45) is 2.00. The zero-order valence-corrected chi connectivity index (χ0v) is 10.6. The Morgan fingerprint density at radius 2 is 2.06 bits per heavy atom. The van der Waals surface area contributed by atoms with Gasteiger partial charge in [0.15, 0.2) is 6.29 Å². The summed E-state index contributed by atoms with van der Waals surface area (Å²) in [4.78, 5) is 0. The van der Waals surface area contributed by atoms with Crippen molar-refractivity contribution in [1.82, 2.24) is 0 Å². The molecular formula is C14H20O3. The Labute approximate surface area is 103 Å². The molecule has 1 aromatic rings. The first kappa shape index (κ1) is 12.6. The second kappa shape index (κ2) is 6.15. The lowest BCUT2D eigenvalue weighted by Gasteiger charge is -2.16. The predicted octanol–water partition coefficient (Wildman–Crippen LogP) is 2.83. The van der Waals surface area contributed by atoms with Gasteiger partial charge < -0.3 is 14.2 Å². The standard InChI is InChI=1S/C14H20O3/c1-3-4-12-6-5-11(10-15-2)9-13(12)14-16-7-8-17-14/h5-6,9,14H,3-4,7-8,10H2,1-2H3. The van der Waals surface area contributed by atoms with Crippen molar-refractivity contribution in [2.24, 2.45) is 0 Å². The molecule has 0 N–H and O–H groups in total. The van der Waals surface area contributed by atoms with E-state index in [1.165, 1.54) is 16.7 Å². The Morgan fingerprint density at radius 3 is 2.71 bits per heavy atom. The van der Waals surface area contributed by atoms with Gasteiger partial charge in [-0.3, -0.25) is 0 Å². The highest BCUT2D eigenvalue weighted by Gasteiger charge is 2.21. The summed E-state index contributed by atoms with van der Waals surface area (Å²) in [7, 11) is 1.71. The molecule has 1 aliphatic rings. The van der Waals surface area contributed by atoms with Crippen molar-refractivity contribution in [1.29, 1.82) is 0 Å². The molecule has 94 valence electrons. The van der Waals surface area contributed by atoms with Crippen LogP contribution in [-0.4, -0.2) is 20.3 Å². The van der Waals surface area contributed by atoms with Crippen LogP contribution in [0.5, 0.6) is 0 Å². The molecule has 0 amide bonds. The Kier molecular flexibility index (Phi) is 4.54. The molecule has 0 bridgehead atoms. The van der Waals surface area contributed by atoms with Crippen LogP contribution in [0.25, 0.3) is 0 Å². The van der Waals surface area contributed by atoms with Gasteiger partial charge in [0.05, 0.1) is 19.8 Å². The SMILES string of the molecule is CCCc1ccc(COC)cc1C1OCCO1. The van der Waals surface area contributed by atoms with Crippen molar-refractivity contribution in [3.8, 4) is 0 Å². The molecular weight excluding hydrogens is 216 g/mol. The summed E-state index contributed by atoms with van der Waals surface area (Å²) in [5.41, 5.74) is 3.65. The van der Waals surface area contributed by atoms with Crippen LogP contribution in [-0.2, 0) is 27.2 Å². The summed E-state index contributed by atoms with van der Waals surface area (Å²) < 4.78 is 16.4. The molecule has 1 aromatic carbocycles. The summed E-state index contributed by atoms with van der Waals surface area (Å²) >= 11 is 0. The van der Waals surface area contributed by atoms with E-state index in [2.05, 4.69) is 25.1 Å². The first-order valence-electron chi connectivity index (χ1n) is 6.19. The molecule has 0 aromatic heterocycles. The summed E-state index contributed by atoms with van der Waals surface area (Å²) in [6.45, 7) is 4.19. The van der Waals surface area contributed by atoms with Crippen LogP contribution in [0.15, 0.2) is 18.2 Å². The van der Waals surface area contributed by atoms with Gasteiger partial charge in [-0.05, 0) is 23.6 Å². The zero-order valence-electron chi connectivity index (χ0n) is 10.6. The maximum absolute atomic E-state index is 5.60. The van der Waals surface area contributed by atoms with E-state index in [0.717, 1.165) is 12.8 Å². The van der Waals surface area contributed by atoms with Gasteiger partial charge in [0.2, 0.25) is 0 Å². The topological polar surface area (TPSA) is 27.7 Å². The number of aryl methyl sites for hydroxylation is 1. The van der Waals surface area contributed by atoms with Crippen molar-refractivity contribution in [3.05, 3.63) is 34.9 Å². The molecule has 2 rings (SSSR count). The number of benzene rings is 1. The monoisotopic (exact) mass is 236 g/mol. The molecule has 0 radical (unpaired) electrons. The third kappa shape index (κ3) is 3.06. The van der Waals surface area contributed by atoms with E-state index in [9.17, 15) is 0 Å². The molecule has 0 unspecified atom stereocenters. The van der Waals surface area contributed by atoms with E-state index < -0.39 is 0 Å². The van der Waals surface area contributed by atoms with Gasteiger partial charge in [0.1, 0.15) is 0 Å². The Balaban J connectivity index is 2.25. The maximum atomic E-state index is 5.60. The largest absolute Gasteiger partial charge is 0.380 e. The fourth-order valence-corrected chi connectivity index (χ4v) is 2.16. The first-order valence-corrected chi connectivity index (χ1v) is 6.19. The van der Waals surface area contributed by atoms with Crippen LogP contribution in [0.1, 0.15) is 36.3 Å². The third-order valence-corrected chi connectivity index (χ3v) is 2.92. The number of rotatable bonds is 5. The minimum absolute atomic E-state index is 0.187. The minimum atomic E-state index is -0.187. The van der Waals surface area contributed by atoms with E-state index in [1.807, 2.05) is 0 Å². The van der Waals surface area contributed by atoms with Crippen LogP contribution in [0.2, 0.25) is 0 Å². The zero-order chi connectivity index (χ0) is 12.1. The highest BCUT2D eigenvalue weighted by Crippen LogP contribution is 2.28. The van der Waals surface area contributed by atoms with Gasteiger partial charge in [-0.1, -0.05) is 25.5 Å². The Hall–Kier alpha value is -0.900. The van der Waals surface area contributed by atoms with Crippen molar-refractivity contribution >= 4 is 0 Å². The molecule has 17 heavy (non-hydrogen) atoms. The fourth-order valence-electron chi connectivity index (χ4n) is 2.16. The summed E-state index contributed by atoms with van der Waals surface area (Å²) in [6, 6.07) is 6.43. The maximum Gasteiger partial charge on any atom is 0.184 e. The lowest BCUT2D eigenvalue weighted by molar-refractivity contribution is -0.0448. The second-order valence-electron chi connectivity index (χ2n) is 4.29. The fraction of sp³-hybridized carbons (Fsp3) is 0.571. The second-order valence-corrected chi connectivity index (χ2v) is 4.29. The Bertz CT molecular complexity index is 356. The van der Waals surface area contributed by atoms with Crippen LogP contribution in [0, 0.1) is 0 Å². The summed E-state index contributed by atoms with van der Waals surface area (Å²) in [5.74, 6) is 0. The normalized spacial score (nSPS) is 16.6. The number of methoxy groups -OCH3 is 1. The lowest BCUT2D eigenvalue weighted by atomic mass is 10.00. The van der Waals surface area contributed by atoms with Crippen LogP contribution < -0.4 is 0 Å². The average molecular weight is 236 g/mol. The van der Waals surface area contributed by atoms with Gasteiger partial charge in [-0.2, -0.15) is 0 Å². The van der Waals surface area contributed by atoms with E-state index in [-0.39, 0.29) is 6.29 Å². The average Bonchev–Trinajstić information content (AvgIpc) is 2.85. The van der Waals surface area contributed by atoms with Crippen molar-refractivity contribution in [2.45, 2.75) is 32.7 Å². The van der Waals surface area contributed by atoms with E-state index in [0.29, 0.717) is 19.8 Å². The van der Waals surface area contributed by atoms with E-state index in [1.54, 1.807) is 7.11 Å². The van der Waals surface area contributed by atoms with Gasteiger partial charge in [0.25, 0.3) is 0 Å². The molecule has 1 saturated heterocycles. The molecule has 0 aliphatic carbocycles. The van der Waals surface area contributed by atoms with Crippen molar-refractivity contribution in [2.75, 3.05) is 20.3 Å². The van der Waals surface area contributed by atoms with Gasteiger partial charge in [-0.25, -0.2) is 0 Å². The molecule has 0 saturated carbocycles. The van der Waals surface area contributed by atoms with Crippen molar-refractivity contribution < 1.29 is 14.2 Å². The quantitative estimate of drug-likeness (QED) is 0.786. The molecule has 1 aliphatic heterocycles. The highest BCUT2D eigenvalue weighted by molar-refractivity contribution is 5.33. The van der Waals surface area contributed by atoms with Gasteiger partial charge in [0, 0.05) is 12.7 Å². The molecule has 0 atom stereocenters. The highest BCUT2D eigenvalue weighted by atomic mass is 16.7. The lowest BCUT2D eigenvalue weighted by Crippen LogP contribution is -2.04. The molecule has 3 nitrogen and oxygen atoms in total. The number of hydrogen-bond donors (Lipinski definition) is 0. The number of ether oxygens (including phenoxy) is 3. The van der Waals surface area contributed by atoms with Gasteiger partial charge >= 0.3 is 0 Å².